The first-order chi connectivity index (χ1) is 17.4. The molecule has 0 aliphatic carbocycles. The van der Waals surface area contributed by atoms with Crippen molar-refractivity contribution in [3.63, 3.8) is 0 Å². The molecule has 0 aliphatic heterocycles. The number of oxazole rings is 1. The van der Waals surface area contributed by atoms with Crippen LogP contribution >= 0.6 is 11.6 Å². The van der Waals surface area contributed by atoms with Gasteiger partial charge in [0.2, 0.25) is 5.91 Å². The summed E-state index contributed by atoms with van der Waals surface area (Å²) in [6.07, 6.45) is 9.12. The number of anilines is 1. The van der Waals surface area contributed by atoms with Crippen molar-refractivity contribution in [1.29, 1.82) is 0 Å². The molecule has 7 nitrogen and oxygen atoms in total. The number of carbonyl (C=O) groups excluding carboxylic acids is 1. The van der Waals surface area contributed by atoms with Gasteiger partial charge in [0.15, 0.2) is 12.0 Å². The van der Waals surface area contributed by atoms with Crippen LogP contribution in [0.15, 0.2) is 71.5 Å². The van der Waals surface area contributed by atoms with Crippen molar-refractivity contribution < 1.29 is 28.2 Å². The van der Waals surface area contributed by atoms with E-state index in [1.165, 1.54) is 30.7 Å². The number of fused-ring (bicyclic) bond motifs is 1. The van der Waals surface area contributed by atoms with Crippen molar-refractivity contribution in [3.8, 4) is 18.1 Å². The van der Waals surface area contributed by atoms with E-state index in [1.807, 2.05) is 0 Å². The van der Waals surface area contributed by atoms with Crippen molar-refractivity contribution in [2.75, 3.05) is 11.9 Å². The first-order valence-corrected chi connectivity index (χ1v) is 10.9. The largest absolute Gasteiger partial charge is 0.481 e. The lowest BCUT2D eigenvalue weighted by Gasteiger charge is -2.15. The van der Waals surface area contributed by atoms with Gasteiger partial charge in [0.25, 0.3) is 0 Å². The molecule has 1 atom stereocenters. The van der Waals surface area contributed by atoms with Gasteiger partial charge >= 0.3 is 5.97 Å². The first kappa shape index (κ1) is 24.5. The van der Waals surface area contributed by atoms with Gasteiger partial charge in [0.1, 0.15) is 29.6 Å². The van der Waals surface area contributed by atoms with E-state index in [0.717, 1.165) is 6.07 Å². The van der Waals surface area contributed by atoms with E-state index < -0.39 is 23.6 Å². The molecule has 4 rings (SSSR count). The van der Waals surface area contributed by atoms with E-state index in [0.29, 0.717) is 33.0 Å². The molecule has 0 radical (unpaired) electrons. The van der Waals surface area contributed by atoms with Crippen LogP contribution in [-0.2, 0) is 9.59 Å². The van der Waals surface area contributed by atoms with Crippen molar-refractivity contribution in [2.45, 2.75) is 5.92 Å². The third-order valence-corrected chi connectivity index (χ3v) is 5.45. The molecule has 0 saturated carbocycles. The number of aromatic nitrogens is 1. The first-order valence-electron chi connectivity index (χ1n) is 10.6. The average molecular weight is 505 g/mol. The predicted molar refractivity (Wildman–Crippen MR) is 133 cm³/mol. The topological polar surface area (TPSA) is 102 Å². The second kappa shape index (κ2) is 10.8. The lowest BCUT2D eigenvalue weighted by Crippen LogP contribution is -2.14. The van der Waals surface area contributed by atoms with Crippen molar-refractivity contribution in [2.24, 2.45) is 0 Å². The number of amides is 1. The Morgan fingerprint density at radius 1 is 1.19 bits per heavy atom. The number of carboxylic acids is 1. The summed E-state index contributed by atoms with van der Waals surface area (Å²) in [5, 5.41) is 12.7. The Balaban J connectivity index is 1.53. The van der Waals surface area contributed by atoms with Gasteiger partial charge in [-0.15, -0.1) is 6.42 Å². The molecule has 9 heteroatoms. The quantitative estimate of drug-likeness (QED) is 0.243. The summed E-state index contributed by atoms with van der Waals surface area (Å²) >= 11 is 6.02. The van der Waals surface area contributed by atoms with Crippen molar-refractivity contribution >= 4 is 46.3 Å². The van der Waals surface area contributed by atoms with Crippen LogP contribution in [0.25, 0.3) is 17.2 Å². The summed E-state index contributed by atoms with van der Waals surface area (Å²) in [7, 11) is 0. The average Bonchev–Trinajstić information content (AvgIpc) is 3.32. The Morgan fingerprint density at radius 2 is 1.97 bits per heavy atom. The molecule has 0 bridgehead atoms. The van der Waals surface area contributed by atoms with Gasteiger partial charge in [-0.1, -0.05) is 29.7 Å². The van der Waals surface area contributed by atoms with Crippen LogP contribution in [0.2, 0.25) is 5.02 Å². The Hall–Kier alpha value is -4.61. The number of aliphatic carboxylic acids is 1. The Labute approximate surface area is 210 Å². The molecule has 3 aromatic carbocycles. The lowest BCUT2D eigenvalue weighted by molar-refractivity contribution is -0.137. The predicted octanol–water partition coefficient (Wildman–Crippen LogP) is 5.50. The fraction of sp³-hybridized carbons (Fsp3) is 0.0741. The summed E-state index contributed by atoms with van der Waals surface area (Å²) in [4.78, 5) is 28.5. The molecule has 0 aliphatic rings. The van der Waals surface area contributed by atoms with Gasteiger partial charge in [-0.3, -0.25) is 9.59 Å². The highest BCUT2D eigenvalue weighted by Gasteiger charge is 2.24. The highest BCUT2D eigenvalue weighted by atomic mass is 35.5. The molecule has 1 unspecified atom stereocenters. The lowest BCUT2D eigenvalue weighted by atomic mass is 9.91. The van der Waals surface area contributed by atoms with Gasteiger partial charge in [-0.2, -0.15) is 0 Å². The summed E-state index contributed by atoms with van der Waals surface area (Å²) in [5.74, 6) is -0.928. The smallest absolute Gasteiger partial charge is 0.315 e. The molecule has 180 valence electrons. The number of nitrogens with zero attached hydrogens (tertiary/aromatic N) is 1. The van der Waals surface area contributed by atoms with E-state index in [-0.39, 0.29) is 17.9 Å². The van der Waals surface area contributed by atoms with E-state index in [2.05, 4.69) is 16.2 Å². The maximum absolute atomic E-state index is 14.9. The SMILES string of the molecule is C#CCOc1ccc(Cl)cc1C=CC(=O)Nc1ccc(C(C(=O)O)c2ccc3ocnc3c2)cc1F. The minimum atomic E-state index is -1.17. The van der Waals surface area contributed by atoms with E-state index in [4.69, 9.17) is 27.2 Å². The van der Waals surface area contributed by atoms with Gasteiger partial charge in [0, 0.05) is 16.7 Å². The maximum atomic E-state index is 14.9. The maximum Gasteiger partial charge on any atom is 0.315 e. The van der Waals surface area contributed by atoms with Gasteiger partial charge in [-0.05, 0) is 59.7 Å². The summed E-state index contributed by atoms with van der Waals surface area (Å²) in [6, 6.07) is 13.4. The van der Waals surface area contributed by atoms with Crippen LogP contribution in [0.1, 0.15) is 22.6 Å². The van der Waals surface area contributed by atoms with Gasteiger partial charge < -0.3 is 19.6 Å². The number of carbonyl (C=O) groups is 2. The van der Waals surface area contributed by atoms with E-state index >= 15 is 0 Å². The number of ether oxygens (including phenoxy) is 1. The molecule has 0 saturated heterocycles. The number of carboxylic acid groups (broad SMARTS) is 1. The van der Waals surface area contributed by atoms with Crippen LogP contribution in [0.5, 0.6) is 5.75 Å². The standard InChI is InChI=1S/C27H18ClFN2O5/c1-2-11-35-23-9-6-19(28)12-16(23)5-10-25(32)31-21-7-3-17(13-20(21)29)26(27(33)34)18-4-8-24-22(14-18)30-15-36-24/h1,3-10,12-15,26H,11H2,(H,31,32)(H,33,34). The molecule has 1 aromatic heterocycles. The minimum absolute atomic E-state index is 0.0377. The van der Waals surface area contributed by atoms with Crippen LogP contribution < -0.4 is 10.1 Å². The van der Waals surface area contributed by atoms with Gasteiger partial charge in [0.05, 0.1) is 5.69 Å². The number of terminal acetylenes is 1. The minimum Gasteiger partial charge on any atom is -0.481 e. The third kappa shape index (κ3) is 5.54. The van der Waals surface area contributed by atoms with Crippen molar-refractivity contribution in [3.05, 3.63) is 94.6 Å². The highest BCUT2D eigenvalue weighted by Crippen LogP contribution is 2.30. The summed E-state index contributed by atoms with van der Waals surface area (Å²) in [5.41, 5.74) is 2.00. The van der Waals surface area contributed by atoms with Gasteiger partial charge in [-0.25, -0.2) is 9.37 Å². The normalized spacial score (nSPS) is 11.8. The molecule has 2 N–H and O–H groups in total. The van der Waals surface area contributed by atoms with Crippen LogP contribution in [0, 0.1) is 18.2 Å². The summed E-state index contributed by atoms with van der Waals surface area (Å²) in [6.45, 7) is 0.0377. The van der Waals surface area contributed by atoms with E-state index in [1.54, 1.807) is 36.4 Å². The molecular formula is C27H18ClFN2O5. The number of benzene rings is 3. The van der Waals surface area contributed by atoms with Crippen LogP contribution in [-0.4, -0.2) is 28.6 Å². The van der Waals surface area contributed by atoms with E-state index in [9.17, 15) is 19.1 Å². The molecule has 1 heterocycles. The second-order valence-electron chi connectivity index (χ2n) is 7.59. The molecule has 4 aromatic rings. The number of rotatable bonds is 8. The zero-order valence-electron chi connectivity index (χ0n) is 18.6. The molecular weight excluding hydrogens is 487 g/mol. The molecule has 0 spiro atoms. The summed E-state index contributed by atoms with van der Waals surface area (Å²) < 4.78 is 25.5. The van der Waals surface area contributed by atoms with Crippen LogP contribution in [0.4, 0.5) is 10.1 Å². The van der Waals surface area contributed by atoms with Crippen LogP contribution in [0.3, 0.4) is 0 Å². The number of hydrogen-bond acceptors (Lipinski definition) is 5. The highest BCUT2D eigenvalue weighted by molar-refractivity contribution is 6.30. The molecule has 0 fully saturated rings. The van der Waals surface area contributed by atoms with Crippen molar-refractivity contribution in [1.82, 2.24) is 4.98 Å². The Bertz CT molecular complexity index is 1520. The fourth-order valence-corrected chi connectivity index (χ4v) is 3.77. The number of nitrogens with one attached hydrogen (secondary N) is 1. The molecule has 36 heavy (non-hydrogen) atoms. The third-order valence-electron chi connectivity index (χ3n) is 5.22. The fourth-order valence-electron chi connectivity index (χ4n) is 3.58. The monoisotopic (exact) mass is 504 g/mol. The molecule has 1 amide bonds. The second-order valence-corrected chi connectivity index (χ2v) is 8.02. The Kier molecular flexibility index (Phi) is 7.33. The zero-order valence-corrected chi connectivity index (χ0v) is 19.3. The Morgan fingerprint density at radius 3 is 2.72 bits per heavy atom. The number of halogens is 2. The number of hydrogen-bond donors (Lipinski definition) is 2. The zero-order chi connectivity index (χ0) is 25.7.